The highest BCUT2D eigenvalue weighted by molar-refractivity contribution is 6.15. The predicted molar refractivity (Wildman–Crippen MR) is 205 cm³/mol. The van der Waals surface area contributed by atoms with Gasteiger partial charge in [0.15, 0.2) is 17.5 Å². The van der Waals surface area contributed by atoms with E-state index < -0.39 is 30.2 Å². The maximum absolute atomic E-state index is 8.82. The molecule has 0 saturated heterocycles. The number of rotatable bonds is 4. The molecule has 7 aromatic carbocycles. The Hall–Kier alpha value is -7.05. The molecule has 51 heavy (non-hydrogen) atoms. The van der Waals surface area contributed by atoms with Crippen LogP contribution in [-0.4, -0.2) is 19.5 Å². The molecule has 238 valence electrons. The van der Waals surface area contributed by atoms with Crippen LogP contribution in [0.2, 0.25) is 0 Å². The number of benzene rings is 7. The summed E-state index contributed by atoms with van der Waals surface area (Å²) in [4.78, 5) is 14.7. The summed E-state index contributed by atoms with van der Waals surface area (Å²) < 4.78 is 57.6. The molecule has 0 radical (unpaired) electrons. The lowest BCUT2D eigenvalue weighted by Gasteiger charge is -2.10. The number of hydrogen-bond acceptors (Lipinski definition) is 5. The van der Waals surface area contributed by atoms with Gasteiger partial charge in [-0.1, -0.05) is 103 Å². The van der Waals surface area contributed by atoms with E-state index in [0.29, 0.717) is 33.5 Å². The van der Waals surface area contributed by atoms with Crippen LogP contribution < -0.4 is 0 Å². The monoisotopic (exact) mass is 659 g/mol. The second-order valence-corrected chi connectivity index (χ2v) is 12.4. The van der Waals surface area contributed by atoms with Gasteiger partial charge in [0.25, 0.3) is 0 Å². The van der Waals surface area contributed by atoms with Gasteiger partial charge in [0.05, 0.1) is 29.0 Å². The number of aromatic nitrogens is 4. The molecule has 0 aliphatic carbocycles. The Bertz CT molecular complexity index is 3380. The lowest BCUT2D eigenvalue weighted by molar-refractivity contribution is 0.668. The van der Waals surface area contributed by atoms with Crippen molar-refractivity contribution in [2.45, 2.75) is 0 Å². The Balaban J connectivity index is 1.19. The molecule has 11 rings (SSSR count). The lowest BCUT2D eigenvalue weighted by atomic mass is 10.0. The molecule has 4 heterocycles. The first-order valence-corrected chi connectivity index (χ1v) is 16.5. The maximum Gasteiger partial charge on any atom is 0.164 e. The van der Waals surface area contributed by atoms with Gasteiger partial charge in [-0.15, -0.1) is 0 Å². The highest BCUT2D eigenvalue weighted by atomic mass is 16.3. The fourth-order valence-electron chi connectivity index (χ4n) is 7.38. The standard InChI is InChI=1S/C45H26N4O2/c1-2-12-27(13-3-1)43-46-44(48-45(47-43)32-17-10-22-39-41(32)31-16-6-9-21-37(31)50-39)28-24-25-38-33(26-28)42-36(20-11-23-40(42)51-38)49-34-18-7-4-14-29(34)30-15-5-8-19-35(30)49/h1-26H/i1D,2D,3D,12D,13D. The lowest BCUT2D eigenvalue weighted by Crippen LogP contribution is -2.00. The van der Waals surface area contributed by atoms with Gasteiger partial charge in [-0.2, -0.15) is 0 Å². The van der Waals surface area contributed by atoms with E-state index in [1.165, 1.54) is 0 Å². The summed E-state index contributed by atoms with van der Waals surface area (Å²) >= 11 is 0. The van der Waals surface area contributed by atoms with Crippen LogP contribution in [-0.2, 0) is 0 Å². The Kier molecular flexibility index (Phi) is 4.91. The number of nitrogens with zero attached hydrogens (tertiary/aromatic N) is 4. The van der Waals surface area contributed by atoms with E-state index in [1.54, 1.807) is 0 Å². The van der Waals surface area contributed by atoms with Gasteiger partial charge in [-0.05, 0) is 54.6 Å². The first-order valence-electron chi connectivity index (χ1n) is 19.0. The van der Waals surface area contributed by atoms with Crippen LogP contribution >= 0.6 is 0 Å². The van der Waals surface area contributed by atoms with Crippen LogP contribution in [0.1, 0.15) is 6.85 Å². The molecule has 0 saturated carbocycles. The summed E-state index contributed by atoms with van der Waals surface area (Å²) in [7, 11) is 0. The van der Waals surface area contributed by atoms with Crippen molar-refractivity contribution in [2.24, 2.45) is 0 Å². The highest BCUT2D eigenvalue weighted by Crippen LogP contribution is 2.40. The summed E-state index contributed by atoms with van der Waals surface area (Å²) in [6, 6.07) is 39.6. The van der Waals surface area contributed by atoms with E-state index in [-0.39, 0.29) is 23.0 Å². The van der Waals surface area contributed by atoms with Crippen LogP contribution in [0.15, 0.2) is 166 Å². The average Bonchev–Trinajstić information content (AvgIpc) is 3.91. The van der Waals surface area contributed by atoms with Gasteiger partial charge in [0.1, 0.15) is 22.3 Å². The first-order chi connectivity index (χ1) is 27.4. The summed E-state index contributed by atoms with van der Waals surface area (Å²) in [6.07, 6.45) is 0. The molecule has 0 bridgehead atoms. The number of hydrogen-bond donors (Lipinski definition) is 0. The molecule has 11 aromatic rings. The molecule has 0 fully saturated rings. The summed E-state index contributed by atoms with van der Waals surface area (Å²) in [6.45, 7) is 0. The SMILES string of the molecule is [2H]c1c([2H])c([2H])c(-c2nc(-c3ccc4oc5cccc(-n6c7ccccc7c7ccccc76)c5c4c3)nc(-c3cccc4oc5ccccc5c34)n2)c([2H])c1[2H]. The fraction of sp³-hybridized carbons (Fsp3) is 0. The Labute approximate surface area is 297 Å². The van der Waals surface area contributed by atoms with Crippen molar-refractivity contribution in [3.05, 3.63) is 158 Å². The smallest absolute Gasteiger partial charge is 0.164 e. The van der Waals surface area contributed by atoms with Crippen LogP contribution in [0.25, 0.3) is 106 Å². The zero-order valence-corrected chi connectivity index (χ0v) is 26.7. The molecule has 0 spiro atoms. The Morgan fingerprint density at radius 2 is 1.04 bits per heavy atom. The minimum atomic E-state index is -0.496. The third kappa shape index (κ3) is 4.20. The summed E-state index contributed by atoms with van der Waals surface area (Å²) in [5, 5.41) is 5.70. The van der Waals surface area contributed by atoms with Gasteiger partial charge in [0.2, 0.25) is 0 Å². The molecule has 4 aromatic heterocycles. The van der Waals surface area contributed by atoms with E-state index in [2.05, 4.69) is 47.0 Å². The molecule has 0 amide bonds. The van der Waals surface area contributed by atoms with Crippen LogP contribution in [0, 0.1) is 0 Å². The van der Waals surface area contributed by atoms with E-state index in [0.717, 1.165) is 49.0 Å². The van der Waals surface area contributed by atoms with Crippen LogP contribution in [0.5, 0.6) is 0 Å². The molecule has 6 nitrogen and oxygen atoms in total. The molecule has 0 aliphatic rings. The second kappa shape index (κ2) is 10.7. The predicted octanol–water partition coefficient (Wildman–Crippen LogP) is 11.8. The summed E-state index contributed by atoms with van der Waals surface area (Å²) in [5.74, 6) is 0.471. The Morgan fingerprint density at radius 1 is 0.451 bits per heavy atom. The van der Waals surface area contributed by atoms with Crippen molar-refractivity contribution in [1.29, 1.82) is 0 Å². The van der Waals surface area contributed by atoms with E-state index in [1.807, 2.05) is 84.9 Å². The second-order valence-electron chi connectivity index (χ2n) is 12.4. The third-order valence-corrected chi connectivity index (χ3v) is 9.55. The number of fused-ring (bicyclic) bond motifs is 9. The van der Waals surface area contributed by atoms with Gasteiger partial charge < -0.3 is 13.4 Å². The maximum atomic E-state index is 8.82. The normalized spacial score (nSPS) is 13.3. The quantitative estimate of drug-likeness (QED) is 0.188. The summed E-state index contributed by atoms with van der Waals surface area (Å²) in [5.41, 5.74) is 6.96. The zero-order chi connectivity index (χ0) is 37.8. The first kappa shape index (κ1) is 23.3. The van der Waals surface area contributed by atoms with Crippen molar-refractivity contribution in [3.63, 3.8) is 0 Å². The number of furan rings is 2. The minimum absolute atomic E-state index is 0.0464. The third-order valence-electron chi connectivity index (χ3n) is 9.55. The van der Waals surface area contributed by atoms with Crippen molar-refractivity contribution in [3.8, 4) is 39.9 Å². The van der Waals surface area contributed by atoms with Gasteiger partial charge in [0, 0.05) is 43.6 Å². The molecule has 0 N–H and O–H groups in total. The van der Waals surface area contributed by atoms with Crippen molar-refractivity contribution in [1.82, 2.24) is 19.5 Å². The van der Waals surface area contributed by atoms with E-state index in [9.17, 15) is 0 Å². The van der Waals surface area contributed by atoms with Gasteiger partial charge in [-0.3, -0.25) is 0 Å². The van der Waals surface area contributed by atoms with Crippen molar-refractivity contribution < 1.29 is 15.7 Å². The molecule has 0 aliphatic heterocycles. The van der Waals surface area contributed by atoms with Crippen LogP contribution in [0.4, 0.5) is 0 Å². The van der Waals surface area contributed by atoms with Crippen LogP contribution in [0.3, 0.4) is 0 Å². The number of para-hydroxylation sites is 3. The molecule has 0 unspecified atom stereocenters. The molecular formula is C45H26N4O2. The van der Waals surface area contributed by atoms with E-state index >= 15 is 0 Å². The minimum Gasteiger partial charge on any atom is -0.456 e. The molecular weight excluding hydrogens is 629 g/mol. The molecule has 0 atom stereocenters. The van der Waals surface area contributed by atoms with Crippen molar-refractivity contribution in [2.75, 3.05) is 0 Å². The van der Waals surface area contributed by atoms with E-state index in [4.69, 9.17) is 30.6 Å². The fourth-order valence-corrected chi connectivity index (χ4v) is 7.38. The van der Waals surface area contributed by atoms with Gasteiger partial charge >= 0.3 is 0 Å². The van der Waals surface area contributed by atoms with Gasteiger partial charge in [-0.25, -0.2) is 15.0 Å². The van der Waals surface area contributed by atoms with Crippen molar-refractivity contribution >= 4 is 65.7 Å². The largest absolute Gasteiger partial charge is 0.456 e. The highest BCUT2D eigenvalue weighted by Gasteiger charge is 2.20. The molecule has 6 heteroatoms. The average molecular weight is 660 g/mol. The Morgan fingerprint density at radius 3 is 1.80 bits per heavy atom. The topological polar surface area (TPSA) is 69.9 Å². The zero-order valence-electron chi connectivity index (χ0n) is 31.7.